The van der Waals surface area contributed by atoms with Crippen molar-refractivity contribution in [1.29, 1.82) is 0 Å². The van der Waals surface area contributed by atoms with Crippen molar-refractivity contribution in [3.05, 3.63) is 30.3 Å². The van der Waals surface area contributed by atoms with E-state index in [0.29, 0.717) is 6.42 Å². The molecule has 0 bridgehead atoms. The molecular weight excluding hydrogens is 346 g/mol. The zero-order valence-corrected chi connectivity index (χ0v) is 18.3. The lowest BCUT2D eigenvalue weighted by Crippen LogP contribution is -2.03. The lowest BCUT2D eigenvalue weighted by atomic mass is 10.0. The first-order valence-electron chi connectivity index (χ1n) is 11.4. The molecule has 158 valence electrons. The number of hydrogen-bond acceptors (Lipinski definition) is 3. The van der Waals surface area contributed by atoms with E-state index in [1.807, 2.05) is 30.3 Å². The molecule has 0 saturated carbocycles. The molecule has 0 atom stereocenters. The Hall–Kier alpha value is -1.64. The van der Waals surface area contributed by atoms with Crippen molar-refractivity contribution >= 4 is 17.4 Å². The molecule has 0 N–H and O–H groups in total. The maximum absolute atomic E-state index is 11.3. The van der Waals surface area contributed by atoms with Gasteiger partial charge < -0.3 is 4.74 Å². The number of aliphatic imine (C=N–C) groups is 1. The summed E-state index contributed by atoms with van der Waals surface area (Å²) in [7, 11) is 1.45. The van der Waals surface area contributed by atoms with E-state index in [-0.39, 0.29) is 5.97 Å². The number of esters is 1. The Labute approximate surface area is 173 Å². The number of carbonyl (C=O) groups is 1. The molecule has 0 heterocycles. The normalized spacial score (nSPS) is 11.6. The summed E-state index contributed by atoms with van der Waals surface area (Å²) in [5.41, 5.74) is 2.23. The van der Waals surface area contributed by atoms with Crippen molar-refractivity contribution in [2.75, 3.05) is 7.11 Å². The van der Waals surface area contributed by atoms with Crippen LogP contribution < -0.4 is 0 Å². The minimum Gasteiger partial charge on any atom is -0.469 e. The molecule has 0 unspecified atom stereocenters. The van der Waals surface area contributed by atoms with Crippen LogP contribution in [-0.4, -0.2) is 18.8 Å². The van der Waals surface area contributed by atoms with Gasteiger partial charge >= 0.3 is 5.97 Å². The van der Waals surface area contributed by atoms with Crippen molar-refractivity contribution in [3.63, 3.8) is 0 Å². The summed E-state index contributed by atoms with van der Waals surface area (Å²) < 4.78 is 4.74. The molecular formula is C25H41NO2. The third-order valence-electron chi connectivity index (χ3n) is 5.19. The molecule has 3 nitrogen and oxygen atoms in total. The van der Waals surface area contributed by atoms with Crippen LogP contribution >= 0.6 is 0 Å². The summed E-state index contributed by atoms with van der Waals surface area (Å²) in [6.07, 6.45) is 18.1. The van der Waals surface area contributed by atoms with E-state index in [9.17, 15) is 4.79 Å². The average Bonchev–Trinajstić information content (AvgIpc) is 2.72. The monoisotopic (exact) mass is 387 g/mol. The molecule has 0 aromatic heterocycles. The number of methoxy groups -OCH3 is 1. The number of nitrogens with zero attached hydrogens (tertiary/aromatic N) is 1. The molecule has 0 saturated heterocycles. The smallest absolute Gasteiger partial charge is 0.305 e. The fourth-order valence-electron chi connectivity index (χ4n) is 3.45. The first kappa shape index (κ1) is 24.4. The molecule has 1 aromatic rings. The minimum atomic E-state index is -0.131. The minimum absolute atomic E-state index is 0.131. The molecule has 0 aliphatic heterocycles. The number of para-hydroxylation sites is 1. The number of hydrogen-bond donors (Lipinski definition) is 0. The van der Waals surface area contributed by atoms with Crippen LogP contribution in [0.5, 0.6) is 0 Å². The van der Waals surface area contributed by atoms with Gasteiger partial charge in [-0.25, -0.2) is 0 Å². The molecule has 0 aliphatic rings. The lowest BCUT2D eigenvalue weighted by Gasteiger charge is -2.07. The third-order valence-corrected chi connectivity index (χ3v) is 5.19. The van der Waals surface area contributed by atoms with Gasteiger partial charge in [-0.2, -0.15) is 0 Å². The van der Waals surface area contributed by atoms with Gasteiger partial charge in [0.05, 0.1) is 12.8 Å². The quantitative estimate of drug-likeness (QED) is 0.155. The van der Waals surface area contributed by atoms with Crippen LogP contribution in [0.25, 0.3) is 0 Å². The molecule has 28 heavy (non-hydrogen) atoms. The standard InChI is InChI=1S/C25H41NO2/c1-3-4-5-6-7-8-9-10-11-12-14-18-24(21-17-22-25(27)28-2)26-23-19-15-13-16-20-23/h13,15-16,19-20H,3-12,14,17-18,21-22H2,1-2H3. The second kappa shape index (κ2) is 17.5. The van der Waals surface area contributed by atoms with Crippen LogP contribution in [0.4, 0.5) is 5.69 Å². The maximum Gasteiger partial charge on any atom is 0.305 e. The lowest BCUT2D eigenvalue weighted by molar-refractivity contribution is -0.140. The predicted molar refractivity (Wildman–Crippen MR) is 120 cm³/mol. The van der Waals surface area contributed by atoms with Crippen LogP contribution in [0.15, 0.2) is 35.3 Å². The first-order chi connectivity index (χ1) is 13.8. The first-order valence-corrected chi connectivity index (χ1v) is 11.4. The second-order valence-electron chi connectivity index (χ2n) is 7.73. The Balaban J connectivity index is 2.22. The molecule has 0 amide bonds. The van der Waals surface area contributed by atoms with Gasteiger partial charge in [0.15, 0.2) is 0 Å². The van der Waals surface area contributed by atoms with E-state index in [1.54, 1.807) is 0 Å². The van der Waals surface area contributed by atoms with Gasteiger partial charge in [-0.3, -0.25) is 9.79 Å². The van der Waals surface area contributed by atoms with Crippen molar-refractivity contribution < 1.29 is 9.53 Å². The van der Waals surface area contributed by atoms with Crippen molar-refractivity contribution in [2.45, 2.75) is 103 Å². The number of ether oxygens (including phenoxy) is 1. The molecule has 0 fully saturated rings. The van der Waals surface area contributed by atoms with Gasteiger partial charge in [-0.05, 0) is 37.8 Å². The van der Waals surface area contributed by atoms with E-state index in [1.165, 1.54) is 83.5 Å². The zero-order valence-electron chi connectivity index (χ0n) is 18.3. The highest BCUT2D eigenvalue weighted by Gasteiger charge is 2.05. The van der Waals surface area contributed by atoms with Gasteiger partial charge in [0.2, 0.25) is 0 Å². The molecule has 0 aliphatic carbocycles. The molecule has 1 aromatic carbocycles. The van der Waals surface area contributed by atoms with Crippen LogP contribution in [0, 0.1) is 0 Å². The fourth-order valence-corrected chi connectivity index (χ4v) is 3.45. The summed E-state index contributed by atoms with van der Waals surface area (Å²) >= 11 is 0. The predicted octanol–water partition coefficient (Wildman–Crippen LogP) is 7.80. The Morgan fingerprint density at radius 3 is 1.86 bits per heavy atom. The van der Waals surface area contributed by atoms with E-state index >= 15 is 0 Å². The summed E-state index contributed by atoms with van der Waals surface area (Å²) in [5.74, 6) is -0.131. The van der Waals surface area contributed by atoms with Crippen LogP contribution in [-0.2, 0) is 9.53 Å². The van der Waals surface area contributed by atoms with Gasteiger partial charge in [-0.15, -0.1) is 0 Å². The van der Waals surface area contributed by atoms with Crippen LogP contribution in [0.1, 0.15) is 103 Å². The highest BCUT2D eigenvalue weighted by Crippen LogP contribution is 2.17. The van der Waals surface area contributed by atoms with E-state index in [2.05, 4.69) is 6.92 Å². The van der Waals surface area contributed by atoms with E-state index in [4.69, 9.17) is 9.73 Å². The maximum atomic E-state index is 11.3. The Bertz CT molecular complexity index is 525. The van der Waals surface area contributed by atoms with Crippen LogP contribution in [0.2, 0.25) is 0 Å². The number of rotatable bonds is 17. The largest absolute Gasteiger partial charge is 0.469 e. The van der Waals surface area contributed by atoms with Gasteiger partial charge in [0.1, 0.15) is 0 Å². The van der Waals surface area contributed by atoms with Crippen molar-refractivity contribution in [1.82, 2.24) is 0 Å². The number of carbonyl (C=O) groups excluding carboxylic acids is 1. The summed E-state index contributed by atoms with van der Waals surface area (Å²) in [6.45, 7) is 2.27. The van der Waals surface area contributed by atoms with E-state index < -0.39 is 0 Å². The Morgan fingerprint density at radius 1 is 0.750 bits per heavy atom. The topological polar surface area (TPSA) is 38.7 Å². The second-order valence-corrected chi connectivity index (χ2v) is 7.73. The van der Waals surface area contributed by atoms with Crippen molar-refractivity contribution in [3.8, 4) is 0 Å². The van der Waals surface area contributed by atoms with Gasteiger partial charge in [-0.1, -0.05) is 89.3 Å². The SMILES string of the molecule is CCCCCCCCCCCCCC(CCCC(=O)OC)=Nc1ccccc1. The molecule has 3 heteroatoms. The van der Waals surface area contributed by atoms with Gasteiger partial charge in [0.25, 0.3) is 0 Å². The number of benzene rings is 1. The summed E-state index contributed by atoms with van der Waals surface area (Å²) in [6, 6.07) is 10.1. The van der Waals surface area contributed by atoms with Gasteiger partial charge in [0, 0.05) is 12.1 Å². The fraction of sp³-hybridized carbons (Fsp3) is 0.680. The Morgan fingerprint density at radius 2 is 1.29 bits per heavy atom. The molecule has 0 radical (unpaired) electrons. The zero-order chi connectivity index (χ0) is 20.3. The highest BCUT2D eigenvalue weighted by atomic mass is 16.5. The molecule has 0 spiro atoms. The molecule has 1 rings (SSSR count). The van der Waals surface area contributed by atoms with Crippen LogP contribution in [0.3, 0.4) is 0 Å². The van der Waals surface area contributed by atoms with Crippen molar-refractivity contribution in [2.24, 2.45) is 4.99 Å². The average molecular weight is 388 g/mol. The highest BCUT2D eigenvalue weighted by molar-refractivity contribution is 5.87. The third kappa shape index (κ3) is 13.5. The summed E-state index contributed by atoms with van der Waals surface area (Å²) in [5, 5.41) is 0. The summed E-state index contributed by atoms with van der Waals surface area (Å²) in [4.78, 5) is 16.2. The Kier molecular flexibility index (Phi) is 15.2. The number of unbranched alkanes of at least 4 members (excludes halogenated alkanes) is 10. The van der Waals surface area contributed by atoms with E-state index in [0.717, 1.165) is 24.9 Å².